The number of piperidine rings is 1. The molecule has 2 heterocycles. The number of carbonyl (C=O) groups excluding carboxylic acids is 2. The van der Waals surface area contributed by atoms with Crippen LogP contribution in [0, 0.1) is 12.8 Å². The summed E-state index contributed by atoms with van der Waals surface area (Å²) in [5.74, 6) is 2.18. The summed E-state index contributed by atoms with van der Waals surface area (Å²) in [6.45, 7) is 9.58. The van der Waals surface area contributed by atoms with E-state index >= 15 is 0 Å². The number of hydrogen-bond acceptors (Lipinski definition) is 5. The van der Waals surface area contributed by atoms with Crippen molar-refractivity contribution in [1.82, 2.24) is 14.7 Å². The Morgan fingerprint density at radius 3 is 2.23 bits per heavy atom. The Kier molecular flexibility index (Phi) is 9.23. The third kappa shape index (κ3) is 7.58. The molecule has 3 aromatic carbocycles. The highest BCUT2D eigenvalue weighted by Gasteiger charge is 2.26. The van der Waals surface area contributed by atoms with Gasteiger partial charge >= 0.3 is 12.1 Å². The van der Waals surface area contributed by atoms with Crippen LogP contribution >= 0.6 is 0 Å². The Morgan fingerprint density at radius 1 is 0.909 bits per heavy atom. The standard InChI is InChI=1S/C35H41N5O4/c1-24-10-12-27(13-11-24)40-32(23-31(38-40)35(2,3)4)37-33(41)36-30-9-7-6-8-26(30)22-25-18-20-39(21-19-25)34(42)44-29-16-14-28(43-5)15-17-29/h6-17,23,25H,18-22H2,1-5H3,(H2,36,37,41). The molecule has 0 spiro atoms. The number of ether oxygens (including phenoxy) is 2. The van der Waals surface area contributed by atoms with E-state index in [0.717, 1.165) is 47.5 Å². The summed E-state index contributed by atoms with van der Waals surface area (Å²) < 4.78 is 12.5. The van der Waals surface area contributed by atoms with E-state index in [2.05, 4.69) is 31.4 Å². The molecule has 9 nitrogen and oxygen atoms in total. The average molecular weight is 596 g/mol. The molecule has 2 N–H and O–H groups in total. The average Bonchev–Trinajstić information content (AvgIpc) is 3.43. The first-order valence-electron chi connectivity index (χ1n) is 15.0. The van der Waals surface area contributed by atoms with Crippen molar-refractivity contribution in [1.29, 1.82) is 0 Å². The number of methoxy groups -OCH3 is 1. The van der Waals surface area contributed by atoms with Crippen molar-refractivity contribution in [2.75, 3.05) is 30.8 Å². The van der Waals surface area contributed by atoms with Crippen molar-refractivity contribution in [2.45, 2.75) is 52.4 Å². The van der Waals surface area contributed by atoms with E-state index in [0.29, 0.717) is 36.3 Å². The van der Waals surface area contributed by atoms with Gasteiger partial charge in [-0.2, -0.15) is 5.10 Å². The Bertz CT molecular complexity index is 1580. The van der Waals surface area contributed by atoms with Crippen LogP contribution in [0.2, 0.25) is 0 Å². The van der Waals surface area contributed by atoms with Gasteiger partial charge in [-0.25, -0.2) is 14.3 Å². The SMILES string of the molecule is COc1ccc(OC(=O)N2CCC(Cc3ccccc3NC(=O)Nc3cc(C(C)(C)C)nn3-c3ccc(C)cc3)CC2)cc1. The van der Waals surface area contributed by atoms with E-state index in [-0.39, 0.29) is 17.5 Å². The molecule has 0 aliphatic carbocycles. The van der Waals surface area contributed by atoms with Crippen LogP contribution in [0.4, 0.5) is 21.1 Å². The topological polar surface area (TPSA) is 97.7 Å². The molecule has 0 saturated carbocycles. The first kappa shape index (κ1) is 30.7. The van der Waals surface area contributed by atoms with Gasteiger partial charge < -0.3 is 19.7 Å². The molecular weight excluding hydrogens is 554 g/mol. The number of nitrogens with one attached hydrogen (secondary N) is 2. The number of hydrogen-bond donors (Lipinski definition) is 2. The maximum absolute atomic E-state index is 13.3. The van der Waals surface area contributed by atoms with Gasteiger partial charge in [0.25, 0.3) is 0 Å². The minimum Gasteiger partial charge on any atom is -0.497 e. The monoisotopic (exact) mass is 595 g/mol. The van der Waals surface area contributed by atoms with Crippen molar-refractivity contribution < 1.29 is 19.1 Å². The predicted molar refractivity (Wildman–Crippen MR) is 173 cm³/mol. The fourth-order valence-electron chi connectivity index (χ4n) is 5.25. The lowest BCUT2D eigenvalue weighted by atomic mass is 9.89. The minimum atomic E-state index is -0.341. The Balaban J connectivity index is 1.20. The second kappa shape index (κ2) is 13.2. The first-order valence-corrected chi connectivity index (χ1v) is 15.0. The molecule has 5 rings (SSSR count). The summed E-state index contributed by atoms with van der Waals surface area (Å²) in [4.78, 5) is 27.8. The molecular formula is C35H41N5O4. The van der Waals surface area contributed by atoms with Crippen LogP contribution in [-0.4, -0.2) is 47.0 Å². The predicted octanol–water partition coefficient (Wildman–Crippen LogP) is 7.58. The summed E-state index contributed by atoms with van der Waals surface area (Å²) in [5, 5.41) is 10.9. The molecule has 3 amide bonds. The Labute approximate surface area is 259 Å². The summed E-state index contributed by atoms with van der Waals surface area (Å²) in [6.07, 6.45) is 2.16. The molecule has 44 heavy (non-hydrogen) atoms. The van der Waals surface area contributed by atoms with E-state index in [1.807, 2.05) is 61.5 Å². The largest absolute Gasteiger partial charge is 0.497 e. The smallest absolute Gasteiger partial charge is 0.415 e. The summed E-state index contributed by atoms with van der Waals surface area (Å²) in [6, 6.07) is 24.5. The van der Waals surface area contributed by atoms with Crippen molar-refractivity contribution >= 4 is 23.6 Å². The zero-order valence-electron chi connectivity index (χ0n) is 26.1. The second-order valence-electron chi connectivity index (χ2n) is 12.3. The number of urea groups is 1. The van der Waals surface area contributed by atoms with Crippen molar-refractivity contribution in [3.05, 3.63) is 95.7 Å². The second-order valence-corrected chi connectivity index (χ2v) is 12.3. The van der Waals surface area contributed by atoms with Crippen molar-refractivity contribution in [3.63, 3.8) is 0 Å². The van der Waals surface area contributed by atoms with Crippen LogP contribution < -0.4 is 20.1 Å². The number of aryl methyl sites for hydroxylation is 1. The van der Waals surface area contributed by atoms with Gasteiger partial charge in [-0.05, 0) is 80.1 Å². The summed E-state index contributed by atoms with van der Waals surface area (Å²) in [5.41, 5.74) is 4.55. The maximum Gasteiger partial charge on any atom is 0.415 e. The molecule has 1 fully saturated rings. The Morgan fingerprint density at radius 2 is 1.57 bits per heavy atom. The molecule has 0 atom stereocenters. The van der Waals surface area contributed by atoms with Gasteiger partial charge in [-0.1, -0.05) is 56.7 Å². The van der Waals surface area contributed by atoms with E-state index in [1.54, 1.807) is 41.0 Å². The number of anilines is 2. The Hall–Kier alpha value is -4.79. The minimum absolute atomic E-state index is 0.183. The van der Waals surface area contributed by atoms with E-state index in [1.165, 1.54) is 0 Å². The van der Waals surface area contributed by atoms with E-state index in [4.69, 9.17) is 14.6 Å². The molecule has 1 aromatic heterocycles. The molecule has 0 radical (unpaired) electrons. The number of amides is 3. The first-order chi connectivity index (χ1) is 21.1. The van der Waals surface area contributed by atoms with Crippen LogP contribution in [0.15, 0.2) is 78.9 Å². The van der Waals surface area contributed by atoms with Gasteiger partial charge in [0.05, 0.1) is 18.5 Å². The normalized spacial score (nSPS) is 13.8. The number of aromatic nitrogens is 2. The summed E-state index contributed by atoms with van der Waals surface area (Å²) >= 11 is 0. The van der Waals surface area contributed by atoms with E-state index in [9.17, 15) is 9.59 Å². The highest BCUT2D eigenvalue weighted by atomic mass is 16.6. The fourth-order valence-corrected chi connectivity index (χ4v) is 5.25. The number of carbonyl (C=O) groups is 2. The highest BCUT2D eigenvalue weighted by molar-refractivity contribution is 6.00. The number of nitrogens with zero attached hydrogens (tertiary/aromatic N) is 3. The van der Waals surface area contributed by atoms with Gasteiger partial charge in [0.1, 0.15) is 17.3 Å². The van der Waals surface area contributed by atoms with Crippen LogP contribution in [0.5, 0.6) is 11.5 Å². The molecule has 9 heteroatoms. The zero-order valence-corrected chi connectivity index (χ0v) is 26.1. The maximum atomic E-state index is 13.3. The van der Waals surface area contributed by atoms with Gasteiger partial charge in [-0.3, -0.25) is 5.32 Å². The summed E-state index contributed by atoms with van der Waals surface area (Å²) in [7, 11) is 1.60. The molecule has 1 saturated heterocycles. The number of para-hydroxylation sites is 1. The molecule has 1 aliphatic rings. The zero-order chi connectivity index (χ0) is 31.3. The van der Waals surface area contributed by atoms with Gasteiger partial charge in [0.2, 0.25) is 0 Å². The number of benzene rings is 3. The lowest BCUT2D eigenvalue weighted by Crippen LogP contribution is -2.40. The van der Waals surface area contributed by atoms with Crippen LogP contribution in [-0.2, 0) is 11.8 Å². The molecule has 1 aliphatic heterocycles. The van der Waals surface area contributed by atoms with Crippen LogP contribution in [0.25, 0.3) is 5.69 Å². The lowest BCUT2D eigenvalue weighted by molar-refractivity contribution is 0.131. The van der Waals surface area contributed by atoms with Gasteiger partial charge in [-0.15, -0.1) is 0 Å². The quantitative estimate of drug-likeness (QED) is 0.230. The van der Waals surface area contributed by atoms with Crippen molar-refractivity contribution in [3.8, 4) is 17.2 Å². The van der Waals surface area contributed by atoms with Gasteiger partial charge in [0, 0.05) is 30.3 Å². The molecule has 0 bridgehead atoms. The fraction of sp³-hybridized carbons (Fsp3) is 0.343. The van der Waals surface area contributed by atoms with Gasteiger partial charge in [0.15, 0.2) is 0 Å². The lowest BCUT2D eigenvalue weighted by Gasteiger charge is -2.31. The van der Waals surface area contributed by atoms with Crippen LogP contribution in [0.1, 0.15) is 50.4 Å². The molecule has 230 valence electrons. The highest BCUT2D eigenvalue weighted by Crippen LogP contribution is 2.29. The third-order valence-electron chi connectivity index (χ3n) is 7.91. The third-order valence-corrected chi connectivity index (χ3v) is 7.91. The van der Waals surface area contributed by atoms with E-state index < -0.39 is 0 Å². The number of likely N-dealkylation sites (tertiary alicyclic amines) is 1. The number of rotatable bonds is 7. The molecule has 4 aromatic rings. The van der Waals surface area contributed by atoms with Crippen molar-refractivity contribution in [2.24, 2.45) is 5.92 Å². The van der Waals surface area contributed by atoms with Crippen LogP contribution in [0.3, 0.4) is 0 Å². The molecule has 0 unspecified atom stereocenters.